The van der Waals surface area contributed by atoms with Gasteiger partial charge in [0.25, 0.3) is 0 Å². The van der Waals surface area contributed by atoms with Gasteiger partial charge in [-0.2, -0.15) is 0 Å². The number of nitrogens with zero attached hydrogens (tertiary/aromatic N) is 2. The maximum atomic E-state index is 12.4. The summed E-state index contributed by atoms with van der Waals surface area (Å²) in [5, 5.41) is 10.7. The molecule has 5 atom stereocenters. The van der Waals surface area contributed by atoms with E-state index in [4.69, 9.17) is 0 Å². The zero-order valence-corrected chi connectivity index (χ0v) is 14.4. The van der Waals surface area contributed by atoms with Crippen LogP contribution >= 0.6 is 11.8 Å². The molecule has 5 unspecified atom stereocenters. The summed E-state index contributed by atoms with van der Waals surface area (Å²) in [7, 11) is 0. The number of carbonyl (C=O) groups excluding carboxylic acids is 1. The Balaban J connectivity index is 1.50. The normalized spacial score (nSPS) is 29.5. The van der Waals surface area contributed by atoms with Crippen LogP contribution in [0.1, 0.15) is 52.3 Å². The Morgan fingerprint density at radius 2 is 2.23 bits per heavy atom. The zero-order valence-electron chi connectivity index (χ0n) is 13.6. The molecule has 3 rings (SSSR count). The Morgan fingerprint density at radius 3 is 2.82 bits per heavy atom. The summed E-state index contributed by atoms with van der Waals surface area (Å²) < 4.78 is 0. The van der Waals surface area contributed by atoms with E-state index in [2.05, 4.69) is 27.4 Å². The van der Waals surface area contributed by atoms with Crippen molar-refractivity contribution in [1.29, 1.82) is 0 Å². The fourth-order valence-electron chi connectivity index (χ4n) is 4.06. The Kier molecular flexibility index (Phi) is 4.76. The summed E-state index contributed by atoms with van der Waals surface area (Å²) in [6.45, 7) is 6.13. The molecule has 2 fully saturated rings. The second-order valence-electron chi connectivity index (χ2n) is 6.81. The molecule has 0 saturated heterocycles. The average molecular weight is 322 g/mol. The lowest BCUT2D eigenvalue weighted by Crippen LogP contribution is -2.43. The van der Waals surface area contributed by atoms with E-state index in [1.54, 1.807) is 0 Å². The number of H-pyrrole nitrogens is 1. The van der Waals surface area contributed by atoms with Crippen molar-refractivity contribution in [3.63, 3.8) is 0 Å². The van der Waals surface area contributed by atoms with Crippen LogP contribution in [0.5, 0.6) is 0 Å². The van der Waals surface area contributed by atoms with Gasteiger partial charge in [0.2, 0.25) is 11.1 Å². The number of aromatic amines is 1. The molecule has 2 aliphatic rings. The first-order valence-corrected chi connectivity index (χ1v) is 9.33. The second kappa shape index (κ2) is 6.60. The standard InChI is InChI=1S/C16H26N4OS/c1-4-14-18-16(20-19-14)22-10(3)15(21)17-9(2)13-8-11-5-6-12(13)7-11/h9-13H,4-8H2,1-3H3,(H,17,21)(H,18,19,20). The first kappa shape index (κ1) is 15.8. The Bertz CT molecular complexity index is 532. The van der Waals surface area contributed by atoms with Crippen LogP contribution in [0.3, 0.4) is 0 Å². The highest BCUT2D eigenvalue weighted by Crippen LogP contribution is 2.49. The minimum atomic E-state index is -0.165. The van der Waals surface area contributed by atoms with Gasteiger partial charge in [-0.05, 0) is 50.9 Å². The van der Waals surface area contributed by atoms with E-state index >= 15 is 0 Å². The molecule has 2 aliphatic carbocycles. The molecule has 122 valence electrons. The van der Waals surface area contributed by atoms with Gasteiger partial charge in [0, 0.05) is 12.5 Å². The second-order valence-corrected chi connectivity index (χ2v) is 8.12. The van der Waals surface area contributed by atoms with Gasteiger partial charge in [0.05, 0.1) is 5.25 Å². The predicted octanol–water partition coefficient (Wildman–Crippen LogP) is 2.79. The molecule has 1 aromatic heterocycles. The minimum absolute atomic E-state index is 0.100. The Labute approximate surface area is 136 Å². The van der Waals surface area contributed by atoms with Gasteiger partial charge in [-0.15, -0.1) is 5.10 Å². The molecule has 5 nitrogen and oxygen atoms in total. The molecule has 1 amide bonds. The molecule has 0 spiro atoms. The Hall–Kier alpha value is -1.04. The third-order valence-corrected chi connectivity index (χ3v) is 6.26. The van der Waals surface area contributed by atoms with Crippen LogP contribution in [-0.4, -0.2) is 32.4 Å². The average Bonchev–Trinajstić information content (AvgIpc) is 3.22. The highest BCUT2D eigenvalue weighted by Gasteiger charge is 2.42. The third kappa shape index (κ3) is 3.31. The quantitative estimate of drug-likeness (QED) is 0.790. The maximum Gasteiger partial charge on any atom is 0.233 e. The SMILES string of the molecule is CCc1nc(SC(C)C(=O)NC(C)C2CC3CCC2C3)n[nH]1. The molecule has 22 heavy (non-hydrogen) atoms. The number of aryl methyl sites for hydroxylation is 1. The lowest BCUT2D eigenvalue weighted by molar-refractivity contribution is -0.121. The smallest absolute Gasteiger partial charge is 0.233 e. The molecule has 2 bridgehead atoms. The van der Waals surface area contributed by atoms with Crippen molar-refractivity contribution in [3.8, 4) is 0 Å². The number of thioether (sulfide) groups is 1. The molecular weight excluding hydrogens is 296 g/mol. The van der Waals surface area contributed by atoms with E-state index < -0.39 is 0 Å². The van der Waals surface area contributed by atoms with Crippen LogP contribution in [0.4, 0.5) is 0 Å². The molecule has 2 saturated carbocycles. The van der Waals surface area contributed by atoms with E-state index in [1.807, 2.05) is 13.8 Å². The van der Waals surface area contributed by atoms with Crippen molar-refractivity contribution < 1.29 is 4.79 Å². The van der Waals surface area contributed by atoms with Gasteiger partial charge >= 0.3 is 0 Å². The van der Waals surface area contributed by atoms with Crippen molar-refractivity contribution in [3.05, 3.63) is 5.82 Å². The van der Waals surface area contributed by atoms with Crippen LogP contribution in [0.15, 0.2) is 5.16 Å². The van der Waals surface area contributed by atoms with Crippen LogP contribution < -0.4 is 5.32 Å². The highest BCUT2D eigenvalue weighted by atomic mass is 32.2. The third-order valence-electron chi connectivity index (χ3n) is 5.30. The topological polar surface area (TPSA) is 70.7 Å². The maximum absolute atomic E-state index is 12.4. The molecule has 0 aliphatic heterocycles. The lowest BCUT2D eigenvalue weighted by Gasteiger charge is -2.29. The summed E-state index contributed by atoms with van der Waals surface area (Å²) in [6, 6.07) is 0.282. The monoisotopic (exact) mass is 322 g/mol. The molecule has 1 heterocycles. The van der Waals surface area contributed by atoms with Crippen LogP contribution in [0, 0.1) is 17.8 Å². The molecule has 1 aromatic rings. The number of rotatable bonds is 6. The number of fused-ring (bicyclic) bond motifs is 2. The van der Waals surface area contributed by atoms with Gasteiger partial charge in [0.1, 0.15) is 5.82 Å². The predicted molar refractivity (Wildman–Crippen MR) is 87.6 cm³/mol. The van der Waals surface area contributed by atoms with Crippen molar-refractivity contribution in [2.45, 2.75) is 69.3 Å². The molecule has 6 heteroatoms. The summed E-state index contributed by atoms with van der Waals surface area (Å²) >= 11 is 1.42. The van der Waals surface area contributed by atoms with E-state index in [-0.39, 0.29) is 17.2 Å². The first-order valence-electron chi connectivity index (χ1n) is 8.45. The lowest BCUT2D eigenvalue weighted by atomic mass is 9.84. The fourth-order valence-corrected chi connectivity index (χ4v) is 4.81. The van der Waals surface area contributed by atoms with E-state index in [0.29, 0.717) is 11.1 Å². The largest absolute Gasteiger partial charge is 0.352 e. The van der Waals surface area contributed by atoms with Gasteiger partial charge in [-0.1, -0.05) is 25.1 Å². The summed E-state index contributed by atoms with van der Waals surface area (Å²) in [6.07, 6.45) is 6.27. The summed E-state index contributed by atoms with van der Waals surface area (Å²) in [5.74, 6) is 3.40. The highest BCUT2D eigenvalue weighted by molar-refractivity contribution is 8.00. The van der Waals surface area contributed by atoms with Gasteiger partial charge in [0.15, 0.2) is 0 Å². The van der Waals surface area contributed by atoms with Crippen molar-refractivity contribution in [2.24, 2.45) is 17.8 Å². The zero-order chi connectivity index (χ0) is 15.7. The van der Waals surface area contributed by atoms with Crippen LogP contribution in [0.2, 0.25) is 0 Å². The van der Waals surface area contributed by atoms with E-state index in [9.17, 15) is 4.79 Å². The number of carbonyl (C=O) groups is 1. The van der Waals surface area contributed by atoms with Crippen molar-refractivity contribution >= 4 is 17.7 Å². The number of nitrogens with one attached hydrogen (secondary N) is 2. The van der Waals surface area contributed by atoms with Crippen LogP contribution in [0.25, 0.3) is 0 Å². The van der Waals surface area contributed by atoms with Gasteiger partial charge < -0.3 is 5.32 Å². The number of hydrogen-bond acceptors (Lipinski definition) is 4. The molecular formula is C16H26N4OS. The van der Waals surface area contributed by atoms with E-state index in [0.717, 1.165) is 24.1 Å². The number of hydrogen-bond donors (Lipinski definition) is 2. The molecule has 2 N–H and O–H groups in total. The minimum Gasteiger partial charge on any atom is -0.352 e. The van der Waals surface area contributed by atoms with E-state index in [1.165, 1.54) is 37.4 Å². The van der Waals surface area contributed by atoms with Gasteiger partial charge in [-0.3, -0.25) is 9.89 Å². The first-order chi connectivity index (χ1) is 10.6. The van der Waals surface area contributed by atoms with Crippen molar-refractivity contribution in [1.82, 2.24) is 20.5 Å². The molecule has 0 aromatic carbocycles. The Morgan fingerprint density at radius 1 is 1.41 bits per heavy atom. The number of amides is 1. The number of aromatic nitrogens is 3. The fraction of sp³-hybridized carbons (Fsp3) is 0.812. The van der Waals surface area contributed by atoms with Crippen molar-refractivity contribution in [2.75, 3.05) is 0 Å². The summed E-state index contributed by atoms with van der Waals surface area (Å²) in [4.78, 5) is 16.8. The van der Waals surface area contributed by atoms with Crippen LogP contribution in [-0.2, 0) is 11.2 Å². The molecule has 0 radical (unpaired) electrons. The summed E-state index contributed by atoms with van der Waals surface area (Å²) in [5.41, 5.74) is 0. The van der Waals surface area contributed by atoms with Gasteiger partial charge in [-0.25, -0.2) is 4.98 Å².